The topological polar surface area (TPSA) is 95.9 Å². The van der Waals surface area contributed by atoms with E-state index >= 15 is 0 Å². The molecule has 0 radical (unpaired) electrons. The summed E-state index contributed by atoms with van der Waals surface area (Å²) in [7, 11) is 0. The number of carbonyl (C=O) groups is 1. The third-order valence-corrected chi connectivity index (χ3v) is 2.83. The van der Waals surface area contributed by atoms with Gasteiger partial charge in [-0.25, -0.2) is 9.97 Å². The van der Waals surface area contributed by atoms with Gasteiger partial charge in [0, 0.05) is 17.8 Å². The van der Waals surface area contributed by atoms with Crippen molar-refractivity contribution in [2.75, 3.05) is 11.4 Å². The highest BCUT2D eigenvalue weighted by atomic mass is 16.5. The Hall–Kier alpha value is -2.75. The highest BCUT2D eigenvalue weighted by molar-refractivity contribution is 6.00. The minimum absolute atomic E-state index is 0.0138. The first kappa shape index (κ1) is 11.3. The van der Waals surface area contributed by atoms with Crippen LogP contribution in [0.5, 0.6) is 0 Å². The molecule has 19 heavy (non-hydrogen) atoms. The molecule has 1 aliphatic rings. The lowest BCUT2D eigenvalue weighted by molar-refractivity contribution is -0.117. The van der Waals surface area contributed by atoms with Gasteiger partial charge in [0.2, 0.25) is 5.91 Å². The summed E-state index contributed by atoms with van der Waals surface area (Å²) in [5.74, 6) is 1.38. The number of aromatic nitrogens is 3. The molecule has 0 spiro atoms. The molecule has 0 fully saturated rings. The summed E-state index contributed by atoms with van der Waals surface area (Å²) in [5.41, 5.74) is 1.24. The number of carbonyl (C=O) groups excluding carboxylic acids is 1. The van der Waals surface area contributed by atoms with E-state index in [4.69, 9.17) is 9.78 Å². The van der Waals surface area contributed by atoms with Gasteiger partial charge < -0.3 is 4.52 Å². The molecule has 0 bridgehead atoms. The van der Waals surface area contributed by atoms with Gasteiger partial charge in [0.25, 0.3) is 0 Å². The molecule has 2 aromatic heterocycles. The lowest BCUT2D eigenvalue weighted by atomic mass is 10.2. The Bertz CT molecular complexity index is 700. The van der Waals surface area contributed by atoms with Crippen molar-refractivity contribution in [2.45, 2.75) is 13.3 Å². The number of nitriles is 1. The number of nitrogens with zero attached hydrogens (tertiary/aromatic N) is 5. The van der Waals surface area contributed by atoms with Crippen LogP contribution in [0.15, 0.2) is 16.8 Å². The van der Waals surface area contributed by atoms with Gasteiger partial charge in [0.15, 0.2) is 11.5 Å². The summed E-state index contributed by atoms with van der Waals surface area (Å²) in [6.45, 7) is 1.76. The summed E-state index contributed by atoms with van der Waals surface area (Å²) < 4.78 is 4.97. The molecule has 7 nitrogen and oxygen atoms in total. The molecule has 1 amide bonds. The molecule has 0 aliphatic carbocycles. The van der Waals surface area contributed by atoms with Crippen molar-refractivity contribution < 1.29 is 9.32 Å². The maximum atomic E-state index is 11.7. The number of anilines is 1. The molecular weight excluding hydrogens is 246 g/mol. The van der Waals surface area contributed by atoms with E-state index in [0.717, 1.165) is 5.56 Å². The number of aryl methyl sites for hydroxylation is 1. The van der Waals surface area contributed by atoms with Crippen molar-refractivity contribution in [3.05, 3.63) is 23.6 Å². The molecule has 0 saturated heterocycles. The molecule has 0 unspecified atom stereocenters. The number of hydrogen-bond acceptors (Lipinski definition) is 6. The minimum atomic E-state index is -0.140. The highest BCUT2D eigenvalue weighted by Crippen LogP contribution is 2.27. The molecule has 3 rings (SSSR count). The van der Waals surface area contributed by atoms with E-state index in [2.05, 4.69) is 15.1 Å². The van der Waals surface area contributed by atoms with E-state index in [1.165, 1.54) is 4.90 Å². The largest absolute Gasteiger partial charge is 0.361 e. The van der Waals surface area contributed by atoms with Crippen LogP contribution in [0.2, 0.25) is 0 Å². The summed E-state index contributed by atoms with van der Waals surface area (Å²) >= 11 is 0. The lowest BCUT2D eigenvalue weighted by Crippen LogP contribution is -2.27. The van der Waals surface area contributed by atoms with Crippen molar-refractivity contribution in [3.8, 4) is 17.6 Å². The standard InChI is InChI=1S/C12H9N5O2/c1-7-4-9(16-19-7)11-14-6-8-5-10(18)17(3-2-13)12(8)15-11/h4,6H,3,5H2,1H3. The van der Waals surface area contributed by atoms with E-state index in [9.17, 15) is 4.79 Å². The fourth-order valence-electron chi connectivity index (χ4n) is 1.96. The van der Waals surface area contributed by atoms with Gasteiger partial charge in [-0.1, -0.05) is 5.16 Å². The normalized spacial score (nSPS) is 13.5. The van der Waals surface area contributed by atoms with Crippen molar-refractivity contribution in [3.63, 3.8) is 0 Å². The second-order valence-electron chi connectivity index (χ2n) is 4.18. The highest BCUT2D eigenvalue weighted by Gasteiger charge is 2.29. The number of rotatable bonds is 2. The monoisotopic (exact) mass is 255 g/mol. The van der Waals surface area contributed by atoms with Crippen LogP contribution in [0.3, 0.4) is 0 Å². The average molecular weight is 255 g/mol. The first-order valence-corrected chi connectivity index (χ1v) is 5.66. The van der Waals surface area contributed by atoms with E-state index in [1.54, 1.807) is 19.2 Å². The van der Waals surface area contributed by atoms with Gasteiger partial charge >= 0.3 is 0 Å². The van der Waals surface area contributed by atoms with Gasteiger partial charge in [-0.15, -0.1) is 0 Å². The van der Waals surface area contributed by atoms with Crippen LogP contribution in [0.25, 0.3) is 11.5 Å². The molecular formula is C12H9N5O2. The van der Waals surface area contributed by atoms with Crippen LogP contribution >= 0.6 is 0 Å². The van der Waals surface area contributed by atoms with Crippen LogP contribution in [0.4, 0.5) is 5.82 Å². The Balaban J connectivity index is 2.05. The maximum absolute atomic E-state index is 11.7. The van der Waals surface area contributed by atoms with E-state index in [1.807, 2.05) is 6.07 Å². The summed E-state index contributed by atoms with van der Waals surface area (Å²) in [5, 5.41) is 12.6. The van der Waals surface area contributed by atoms with Crippen LogP contribution in [-0.2, 0) is 11.2 Å². The molecule has 94 valence electrons. The predicted octanol–water partition coefficient (Wildman–Crippen LogP) is 0.853. The Morgan fingerprint density at radius 2 is 2.42 bits per heavy atom. The summed E-state index contributed by atoms with van der Waals surface area (Å²) in [6.07, 6.45) is 1.83. The molecule has 0 aromatic carbocycles. The van der Waals surface area contributed by atoms with E-state index < -0.39 is 0 Å². The molecule has 3 heterocycles. The molecule has 1 aliphatic heterocycles. The number of amides is 1. The van der Waals surface area contributed by atoms with Gasteiger partial charge in [-0.3, -0.25) is 9.69 Å². The smallest absolute Gasteiger partial charge is 0.233 e. The molecule has 0 N–H and O–H groups in total. The van der Waals surface area contributed by atoms with Crippen LogP contribution in [0, 0.1) is 18.3 Å². The van der Waals surface area contributed by atoms with Crippen molar-refractivity contribution in [2.24, 2.45) is 0 Å². The first-order chi connectivity index (χ1) is 9.19. The van der Waals surface area contributed by atoms with Gasteiger partial charge in [0.1, 0.15) is 18.1 Å². The first-order valence-electron chi connectivity index (χ1n) is 5.66. The van der Waals surface area contributed by atoms with Crippen LogP contribution < -0.4 is 4.90 Å². The second kappa shape index (κ2) is 4.17. The fourth-order valence-corrected chi connectivity index (χ4v) is 1.96. The SMILES string of the molecule is Cc1cc(-c2ncc3c(n2)N(CC#N)C(=O)C3)no1. The van der Waals surface area contributed by atoms with Crippen LogP contribution in [0.1, 0.15) is 11.3 Å². The van der Waals surface area contributed by atoms with E-state index in [-0.39, 0.29) is 18.9 Å². The Morgan fingerprint density at radius 1 is 1.58 bits per heavy atom. The predicted molar refractivity (Wildman–Crippen MR) is 63.9 cm³/mol. The minimum Gasteiger partial charge on any atom is -0.361 e. The zero-order valence-corrected chi connectivity index (χ0v) is 10.1. The molecule has 0 saturated carbocycles. The second-order valence-corrected chi connectivity index (χ2v) is 4.18. The Labute approximate surface area is 108 Å². The van der Waals surface area contributed by atoms with Crippen LogP contribution in [-0.4, -0.2) is 27.6 Å². The van der Waals surface area contributed by atoms with Crippen molar-refractivity contribution >= 4 is 11.7 Å². The number of fused-ring (bicyclic) bond motifs is 1. The van der Waals surface area contributed by atoms with Gasteiger partial charge in [-0.2, -0.15) is 5.26 Å². The lowest BCUT2D eigenvalue weighted by Gasteiger charge is -2.11. The quantitative estimate of drug-likeness (QED) is 0.738. The molecule has 0 atom stereocenters. The zero-order valence-electron chi connectivity index (χ0n) is 10.1. The molecule has 7 heteroatoms. The van der Waals surface area contributed by atoms with Gasteiger partial charge in [-0.05, 0) is 6.92 Å². The third-order valence-electron chi connectivity index (χ3n) is 2.83. The van der Waals surface area contributed by atoms with E-state index in [0.29, 0.717) is 23.1 Å². The van der Waals surface area contributed by atoms with Crippen molar-refractivity contribution in [1.29, 1.82) is 5.26 Å². The number of hydrogen-bond donors (Lipinski definition) is 0. The zero-order chi connectivity index (χ0) is 13.4. The third kappa shape index (κ3) is 1.83. The molecule has 2 aromatic rings. The summed E-state index contributed by atoms with van der Waals surface area (Å²) in [4.78, 5) is 21.6. The maximum Gasteiger partial charge on any atom is 0.233 e. The van der Waals surface area contributed by atoms with Crippen molar-refractivity contribution in [1.82, 2.24) is 15.1 Å². The Kier molecular flexibility index (Phi) is 2.49. The summed E-state index contributed by atoms with van der Waals surface area (Å²) in [6, 6.07) is 3.67. The average Bonchev–Trinajstić information content (AvgIpc) is 2.95. The van der Waals surface area contributed by atoms with Gasteiger partial charge in [0.05, 0.1) is 12.5 Å². The fraction of sp³-hybridized carbons (Fsp3) is 0.250. The Morgan fingerprint density at radius 3 is 3.11 bits per heavy atom.